The van der Waals surface area contributed by atoms with Gasteiger partial charge >= 0.3 is 11.9 Å². The molecule has 37 heavy (non-hydrogen) atoms. The van der Waals surface area contributed by atoms with E-state index in [0.29, 0.717) is 37.1 Å². The topological polar surface area (TPSA) is 109 Å². The number of furan rings is 1. The van der Waals surface area contributed by atoms with E-state index in [4.69, 9.17) is 14.3 Å². The van der Waals surface area contributed by atoms with E-state index >= 15 is 0 Å². The van der Waals surface area contributed by atoms with Crippen LogP contribution in [-0.2, 0) is 9.53 Å². The minimum Gasteiger partial charge on any atom is -0.478 e. The predicted molar refractivity (Wildman–Crippen MR) is 138 cm³/mol. The summed E-state index contributed by atoms with van der Waals surface area (Å²) in [6.07, 6.45) is 0.976. The zero-order chi connectivity index (χ0) is 26.6. The molecule has 0 atom stereocenters. The molecular weight excluding hydrogens is 472 g/mol. The average molecular weight is 503 g/mol. The Morgan fingerprint density at radius 1 is 1.08 bits per heavy atom. The van der Waals surface area contributed by atoms with Gasteiger partial charge in [0.1, 0.15) is 16.7 Å². The number of likely N-dealkylation sites (tertiary alicyclic amines) is 1. The molecule has 2 heterocycles. The van der Waals surface area contributed by atoms with Crippen molar-refractivity contribution in [3.05, 3.63) is 71.5 Å². The second kappa shape index (κ2) is 10.5. The zero-order valence-electron chi connectivity index (χ0n) is 21.2. The molecule has 1 fully saturated rings. The smallest absolute Gasteiger partial charge is 0.335 e. The Morgan fingerprint density at radius 2 is 1.76 bits per heavy atom. The summed E-state index contributed by atoms with van der Waals surface area (Å²) in [6.45, 7) is 6.72. The number of carboxylic acid groups (broad SMARTS) is 1. The molecule has 0 bridgehead atoms. The number of para-hydroxylation sites is 1. The molecule has 4 rings (SSSR count). The van der Waals surface area contributed by atoms with E-state index in [2.05, 4.69) is 17.2 Å². The molecule has 1 aromatic heterocycles. The molecule has 1 saturated heterocycles. The fourth-order valence-electron chi connectivity index (χ4n) is 4.19. The van der Waals surface area contributed by atoms with E-state index in [9.17, 15) is 14.4 Å². The number of rotatable bonds is 5. The zero-order valence-corrected chi connectivity index (χ0v) is 21.2. The highest BCUT2D eigenvalue weighted by molar-refractivity contribution is 5.96. The van der Waals surface area contributed by atoms with Crippen molar-refractivity contribution in [2.45, 2.75) is 44.8 Å². The monoisotopic (exact) mass is 502 g/mol. The molecule has 8 heteroatoms. The lowest BCUT2D eigenvalue weighted by molar-refractivity contribution is -0.156. The Bertz CT molecular complexity index is 1330. The number of carboxylic acids is 1. The summed E-state index contributed by atoms with van der Waals surface area (Å²) in [5.41, 5.74) is 0.0242. The number of hydrogen-bond acceptors (Lipinski definition) is 6. The standard InChI is InChI=1S/C29H30N2O6/c1-28(2,3)37-25(32)19-31-16-14-29(15-17-31,13-12-20-8-10-21(11-9-20)27(34)35)30-26(33)24-18-22-6-4-5-7-23(22)36-24/h4-11,18H,14-17,19H2,1-3H3,(H,30,33)(H,34,35). The third-order valence-corrected chi connectivity index (χ3v) is 6.06. The first-order valence-corrected chi connectivity index (χ1v) is 12.1. The molecule has 2 N–H and O–H groups in total. The Morgan fingerprint density at radius 3 is 2.38 bits per heavy atom. The van der Waals surface area contributed by atoms with Crippen molar-refractivity contribution >= 4 is 28.8 Å². The molecule has 192 valence electrons. The second-order valence-electron chi connectivity index (χ2n) is 10.2. The molecule has 1 amide bonds. The van der Waals surface area contributed by atoms with Gasteiger partial charge in [0.05, 0.1) is 12.1 Å². The highest BCUT2D eigenvalue weighted by atomic mass is 16.6. The summed E-state index contributed by atoms with van der Waals surface area (Å²) < 4.78 is 11.2. The van der Waals surface area contributed by atoms with Crippen LogP contribution in [0.2, 0.25) is 0 Å². The summed E-state index contributed by atoms with van der Waals surface area (Å²) >= 11 is 0. The largest absolute Gasteiger partial charge is 0.478 e. The second-order valence-corrected chi connectivity index (χ2v) is 10.2. The molecular formula is C29H30N2O6. The molecule has 0 aliphatic carbocycles. The van der Waals surface area contributed by atoms with Gasteiger partial charge in [-0.25, -0.2) is 4.79 Å². The summed E-state index contributed by atoms with van der Waals surface area (Å²) in [5, 5.41) is 13.0. The van der Waals surface area contributed by atoms with Crippen LogP contribution in [-0.4, -0.2) is 58.6 Å². The summed E-state index contributed by atoms with van der Waals surface area (Å²) in [7, 11) is 0. The maximum Gasteiger partial charge on any atom is 0.335 e. The van der Waals surface area contributed by atoms with Crippen molar-refractivity contribution in [1.82, 2.24) is 10.2 Å². The number of nitrogens with zero attached hydrogens (tertiary/aromatic N) is 1. The van der Waals surface area contributed by atoms with Gasteiger partial charge in [-0.2, -0.15) is 0 Å². The molecule has 0 radical (unpaired) electrons. The molecule has 2 aromatic carbocycles. The van der Waals surface area contributed by atoms with Gasteiger partial charge in [0.2, 0.25) is 0 Å². The van der Waals surface area contributed by atoms with Gasteiger partial charge in [0.15, 0.2) is 5.76 Å². The number of aromatic carboxylic acids is 1. The lowest BCUT2D eigenvalue weighted by atomic mass is 9.87. The number of hydrogen-bond donors (Lipinski definition) is 2. The quantitative estimate of drug-likeness (QED) is 0.400. The first-order valence-electron chi connectivity index (χ1n) is 12.1. The Kier molecular flexibility index (Phi) is 7.37. The van der Waals surface area contributed by atoms with Gasteiger partial charge in [0.25, 0.3) is 5.91 Å². The molecule has 3 aromatic rings. The van der Waals surface area contributed by atoms with Gasteiger partial charge in [-0.3, -0.25) is 14.5 Å². The number of piperidine rings is 1. The highest BCUT2D eigenvalue weighted by Gasteiger charge is 2.36. The van der Waals surface area contributed by atoms with Gasteiger partial charge in [-0.1, -0.05) is 30.0 Å². The fraction of sp³-hybridized carbons (Fsp3) is 0.345. The van der Waals surface area contributed by atoms with Gasteiger partial charge in [-0.05, 0) is 70.0 Å². The maximum absolute atomic E-state index is 13.2. The third kappa shape index (κ3) is 6.78. The lowest BCUT2D eigenvalue weighted by Gasteiger charge is -2.38. The van der Waals surface area contributed by atoms with E-state index < -0.39 is 17.1 Å². The molecule has 1 aliphatic heterocycles. The van der Waals surface area contributed by atoms with Crippen molar-refractivity contribution < 1.29 is 28.6 Å². The summed E-state index contributed by atoms with van der Waals surface area (Å²) in [6, 6.07) is 15.4. The third-order valence-electron chi connectivity index (χ3n) is 6.06. The van der Waals surface area contributed by atoms with Crippen LogP contribution in [0.15, 0.2) is 59.0 Å². The van der Waals surface area contributed by atoms with E-state index in [0.717, 1.165) is 5.39 Å². The molecule has 1 aliphatic rings. The summed E-state index contributed by atoms with van der Waals surface area (Å²) in [5.74, 6) is 4.85. The van der Waals surface area contributed by atoms with E-state index in [1.807, 2.05) is 43.9 Å². The van der Waals surface area contributed by atoms with Crippen molar-refractivity contribution in [2.24, 2.45) is 0 Å². The number of carbonyl (C=O) groups excluding carboxylic acids is 2. The van der Waals surface area contributed by atoms with Crippen LogP contribution in [0, 0.1) is 11.8 Å². The van der Waals surface area contributed by atoms with Crippen molar-refractivity contribution in [3.63, 3.8) is 0 Å². The van der Waals surface area contributed by atoms with Crippen molar-refractivity contribution in [1.29, 1.82) is 0 Å². The van der Waals surface area contributed by atoms with Crippen LogP contribution in [0.5, 0.6) is 0 Å². The first kappa shape index (κ1) is 26.0. The number of esters is 1. The average Bonchev–Trinajstić information content (AvgIpc) is 3.28. The molecule has 0 spiro atoms. The van der Waals surface area contributed by atoms with Gasteiger partial charge < -0.3 is 19.6 Å². The SMILES string of the molecule is CC(C)(C)OC(=O)CN1CCC(C#Cc2ccc(C(=O)O)cc2)(NC(=O)c2cc3ccccc3o2)CC1. The number of nitrogens with one attached hydrogen (secondary N) is 1. The van der Waals surface area contributed by atoms with Crippen LogP contribution >= 0.6 is 0 Å². The number of fused-ring (bicyclic) bond motifs is 1. The lowest BCUT2D eigenvalue weighted by Crippen LogP contribution is -2.55. The fourth-order valence-corrected chi connectivity index (χ4v) is 4.19. The van der Waals surface area contributed by atoms with Crippen LogP contribution in [0.25, 0.3) is 11.0 Å². The van der Waals surface area contributed by atoms with E-state index in [1.165, 1.54) is 12.1 Å². The van der Waals surface area contributed by atoms with E-state index in [1.54, 1.807) is 24.3 Å². The predicted octanol–water partition coefficient (Wildman–Crippen LogP) is 4.09. The number of benzene rings is 2. The Hall–Kier alpha value is -4.09. The minimum absolute atomic E-state index is 0.162. The number of amides is 1. The van der Waals surface area contributed by atoms with Crippen LogP contribution in [0.1, 0.15) is 60.1 Å². The van der Waals surface area contributed by atoms with Gasteiger partial charge in [0, 0.05) is 24.0 Å². The summed E-state index contributed by atoms with van der Waals surface area (Å²) in [4.78, 5) is 38.6. The maximum atomic E-state index is 13.2. The van der Waals surface area contributed by atoms with Crippen molar-refractivity contribution in [2.75, 3.05) is 19.6 Å². The first-order chi connectivity index (χ1) is 17.5. The van der Waals surface area contributed by atoms with E-state index in [-0.39, 0.29) is 29.7 Å². The molecule has 0 saturated carbocycles. The van der Waals surface area contributed by atoms with Gasteiger partial charge in [-0.15, -0.1) is 0 Å². The highest BCUT2D eigenvalue weighted by Crippen LogP contribution is 2.25. The normalized spacial score (nSPS) is 15.4. The number of carbonyl (C=O) groups is 3. The molecule has 0 unspecified atom stereocenters. The minimum atomic E-state index is -1.01. The Labute approximate surface area is 215 Å². The number of ether oxygens (including phenoxy) is 1. The van der Waals surface area contributed by atoms with Crippen LogP contribution < -0.4 is 5.32 Å². The van der Waals surface area contributed by atoms with Crippen LogP contribution in [0.3, 0.4) is 0 Å². The Balaban J connectivity index is 1.53. The van der Waals surface area contributed by atoms with Crippen molar-refractivity contribution in [3.8, 4) is 11.8 Å². The van der Waals surface area contributed by atoms with Crippen LogP contribution in [0.4, 0.5) is 0 Å². The molecule has 8 nitrogen and oxygen atoms in total.